The van der Waals surface area contributed by atoms with E-state index in [2.05, 4.69) is 5.32 Å². The number of sulfonamides is 1. The van der Waals surface area contributed by atoms with Crippen LogP contribution in [0.2, 0.25) is 0 Å². The van der Waals surface area contributed by atoms with Gasteiger partial charge in [0.15, 0.2) is 0 Å². The van der Waals surface area contributed by atoms with E-state index in [0.29, 0.717) is 5.69 Å². The minimum absolute atomic E-state index is 0.234. The highest BCUT2D eigenvalue weighted by Crippen LogP contribution is 2.23. The fraction of sp³-hybridized carbons (Fsp3) is 0.316. The molecule has 0 aliphatic carbocycles. The summed E-state index contributed by atoms with van der Waals surface area (Å²) >= 11 is 0. The first-order valence-electron chi connectivity index (χ1n) is 8.08. The molecule has 0 spiro atoms. The first-order chi connectivity index (χ1) is 11.7. The molecule has 6 heteroatoms. The summed E-state index contributed by atoms with van der Waals surface area (Å²) in [6.07, 6.45) is 1.12. The highest BCUT2D eigenvalue weighted by atomic mass is 32.2. The molecule has 2 aromatic rings. The average Bonchev–Trinajstić information content (AvgIpc) is 2.56. The van der Waals surface area contributed by atoms with E-state index in [1.54, 1.807) is 6.92 Å². The molecular formula is C19H24N2O3S. The minimum atomic E-state index is -3.55. The monoisotopic (exact) mass is 360 g/mol. The van der Waals surface area contributed by atoms with Crippen LogP contribution in [-0.4, -0.2) is 31.4 Å². The lowest BCUT2D eigenvalue weighted by atomic mass is 10.1. The van der Waals surface area contributed by atoms with Crippen LogP contribution in [-0.2, 0) is 14.8 Å². The zero-order chi connectivity index (χ0) is 18.6. The number of nitrogens with one attached hydrogen (secondary N) is 1. The topological polar surface area (TPSA) is 66.5 Å². The van der Waals surface area contributed by atoms with Crippen LogP contribution in [0, 0.1) is 13.8 Å². The van der Waals surface area contributed by atoms with Gasteiger partial charge in [-0.3, -0.25) is 4.79 Å². The predicted molar refractivity (Wildman–Crippen MR) is 101 cm³/mol. The third-order valence-electron chi connectivity index (χ3n) is 4.32. The van der Waals surface area contributed by atoms with Gasteiger partial charge in [0.2, 0.25) is 15.9 Å². The van der Waals surface area contributed by atoms with Gasteiger partial charge in [0.25, 0.3) is 0 Å². The molecule has 0 heterocycles. The Bertz CT molecular complexity index is 848. The molecule has 0 saturated carbocycles. The fourth-order valence-electron chi connectivity index (χ4n) is 2.66. The molecule has 1 unspecified atom stereocenters. The molecule has 1 amide bonds. The van der Waals surface area contributed by atoms with Crippen LogP contribution in [0.1, 0.15) is 29.7 Å². The number of anilines is 1. The molecule has 1 atom stereocenters. The maximum Gasteiger partial charge on any atom is 0.239 e. The third-order valence-corrected chi connectivity index (χ3v) is 5.62. The lowest BCUT2D eigenvalue weighted by Crippen LogP contribution is -2.39. The Kier molecular flexibility index (Phi) is 5.98. The average molecular weight is 360 g/mol. The van der Waals surface area contributed by atoms with Crippen LogP contribution < -0.4 is 5.32 Å². The molecule has 0 aliphatic heterocycles. The Morgan fingerprint density at radius 3 is 2.32 bits per heavy atom. The van der Waals surface area contributed by atoms with Crippen LogP contribution in [0.15, 0.2) is 48.5 Å². The summed E-state index contributed by atoms with van der Waals surface area (Å²) < 4.78 is 25.6. The van der Waals surface area contributed by atoms with Crippen molar-refractivity contribution >= 4 is 21.6 Å². The van der Waals surface area contributed by atoms with Crippen LogP contribution >= 0.6 is 0 Å². The van der Waals surface area contributed by atoms with Crippen molar-refractivity contribution < 1.29 is 13.2 Å². The van der Waals surface area contributed by atoms with E-state index in [1.807, 2.05) is 62.4 Å². The van der Waals surface area contributed by atoms with E-state index in [0.717, 1.165) is 22.9 Å². The first-order valence-corrected chi connectivity index (χ1v) is 9.93. The van der Waals surface area contributed by atoms with Gasteiger partial charge in [-0.05, 0) is 43.5 Å². The lowest BCUT2D eigenvalue weighted by molar-refractivity contribution is -0.116. The molecular weight excluding hydrogens is 336 g/mol. The fourth-order valence-corrected chi connectivity index (χ4v) is 3.70. The standard InChI is InChI=1S/C19H24N2O3S/c1-14-9-8-12-18(15(14)2)20-19(22)13-21(25(4,23)24)16(3)17-10-6-5-7-11-17/h5-12,16H,13H2,1-4H3,(H,20,22). The summed E-state index contributed by atoms with van der Waals surface area (Å²) in [5, 5.41) is 2.81. The molecule has 0 aromatic heterocycles. The number of carbonyl (C=O) groups excluding carboxylic acids is 1. The van der Waals surface area contributed by atoms with Gasteiger partial charge in [-0.25, -0.2) is 8.42 Å². The summed E-state index contributed by atoms with van der Waals surface area (Å²) in [5.74, 6) is -0.359. The number of hydrogen-bond acceptors (Lipinski definition) is 3. The molecule has 0 saturated heterocycles. The van der Waals surface area contributed by atoms with Crippen LogP contribution in [0.25, 0.3) is 0 Å². The number of nitrogens with zero attached hydrogens (tertiary/aromatic N) is 1. The number of amides is 1. The van der Waals surface area contributed by atoms with Gasteiger partial charge in [0.1, 0.15) is 0 Å². The quantitative estimate of drug-likeness (QED) is 0.860. The zero-order valence-electron chi connectivity index (χ0n) is 15.0. The van der Waals surface area contributed by atoms with E-state index >= 15 is 0 Å². The number of carbonyl (C=O) groups is 1. The Hall–Kier alpha value is -2.18. The molecule has 5 nitrogen and oxygen atoms in total. The normalized spacial score (nSPS) is 12.8. The van der Waals surface area contributed by atoms with Crippen LogP contribution in [0.3, 0.4) is 0 Å². The maximum atomic E-state index is 12.5. The molecule has 1 N–H and O–H groups in total. The Morgan fingerprint density at radius 2 is 1.72 bits per heavy atom. The van der Waals surface area contributed by atoms with Gasteiger partial charge in [0, 0.05) is 11.7 Å². The van der Waals surface area contributed by atoms with Crippen molar-refractivity contribution in [2.75, 3.05) is 18.1 Å². The van der Waals surface area contributed by atoms with Gasteiger partial charge in [-0.15, -0.1) is 0 Å². The first kappa shape index (κ1) is 19.1. The van der Waals surface area contributed by atoms with E-state index in [9.17, 15) is 13.2 Å². The Morgan fingerprint density at radius 1 is 1.08 bits per heavy atom. The van der Waals surface area contributed by atoms with Crippen molar-refractivity contribution in [1.82, 2.24) is 4.31 Å². The van der Waals surface area contributed by atoms with Crippen LogP contribution in [0.4, 0.5) is 5.69 Å². The SMILES string of the molecule is Cc1cccc(NC(=O)CN(C(C)c2ccccc2)S(C)(=O)=O)c1C. The Labute approximate surface area is 149 Å². The summed E-state index contributed by atoms with van der Waals surface area (Å²) in [6.45, 7) is 5.43. The van der Waals surface area contributed by atoms with Gasteiger partial charge in [-0.1, -0.05) is 42.5 Å². The summed E-state index contributed by atoms with van der Waals surface area (Å²) in [6, 6.07) is 14.5. The highest BCUT2D eigenvalue weighted by molar-refractivity contribution is 7.88. The smallest absolute Gasteiger partial charge is 0.239 e. The summed E-state index contributed by atoms with van der Waals surface area (Å²) in [4.78, 5) is 12.5. The summed E-state index contributed by atoms with van der Waals surface area (Å²) in [7, 11) is -3.55. The predicted octanol–water partition coefficient (Wildman–Crippen LogP) is 3.26. The zero-order valence-corrected chi connectivity index (χ0v) is 15.8. The van der Waals surface area contributed by atoms with E-state index in [-0.39, 0.29) is 12.5 Å². The second-order valence-corrected chi connectivity index (χ2v) is 8.13. The third kappa shape index (κ3) is 4.90. The number of rotatable bonds is 6. The molecule has 25 heavy (non-hydrogen) atoms. The van der Waals surface area contributed by atoms with Gasteiger partial charge in [-0.2, -0.15) is 4.31 Å². The molecule has 0 fully saturated rings. The molecule has 134 valence electrons. The van der Waals surface area contributed by atoms with Gasteiger partial charge < -0.3 is 5.32 Å². The molecule has 0 radical (unpaired) electrons. The lowest BCUT2D eigenvalue weighted by Gasteiger charge is -2.26. The van der Waals surface area contributed by atoms with Gasteiger partial charge in [0.05, 0.1) is 12.8 Å². The number of hydrogen-bond donors (Lipinski definition) is 1. The van der Waals surface area contributed by atoms with Crippen molar-refractivity contribution in [3.8, 4) is 0 Å². The van der Waals surface area contributed by atoms with E-state index < -0.39 is 16.1 Å². The van der Waals surface area contributed by atoms with Crippen molar-refractivity contribution in [1.29, 1.82) is 0 Å². The molecule has 0 aliphatic rings. The molecule has 0 bridgehead atoms. The maximum absolute atomic E-state index is 12.5. The number of aryl methyl sites for hydroxylation is 1. The molecule has 2 aromatic carbocycles. The van der Waals surface area contributed by atoms with Gasteiger partial charge >= 0.3 is 0 Å². The van der Waals surface area contributed by atoms with Crippen LogP contribution in [0.5, 0.6) is 0 Å². The minimum Gasteiger partial charge on any atom is -0.325 e. The van der Waals surface area contributed by atoms with Crippen molar-refractivity contribution in [3.63, 3.8) is 0 Å². The van der Waals surface area contributed by atoms with E-state index in [4.69, 9.17) is 0 Å². The van der Waals surface area contributed by atoms with E-state index in [1.165, 1.54) is 4.31 Å². The number of benzene rings is 2. The van der Waals surface area contributed by atoms with Crippen molar-refractivity contribution in [3.05, 3.63) is 65.2 Å². The van der Waals surface area contributed by atoms with Crippen molar-refractivity contribution in [2.24, 2.45) is 0 Å². The summed E-state index contributed by atoms with van der Waals surface area (Å²) in [5.41, 5.74) is 3.58. The second-order valence-electron chi connectivity index (χ2n) is 6.19. The highest BCUT2D eigenvalue weighted by Gasteiger charge is 2.27. The van der Waals surface area contributed by atoms with Crippen molar-refractivity contribution in [2.45, 2.75) is 26.8 Å². The largest absolute Gasteiger partial charge is 0.325 e. The Balaban J connectivity index is 2.20. The second kappa shape index (κ2) is 7.80. The molecule has 2 rings (SSSR count).